The van der Waals surface area contributed by atoms with Crippen LogP contribution in [0.1, 0.15) is 34.7 Å². The number of carbonyl (C=O) groups is 2. The minimum atomic E-state index is -0.365. The minimum Gasteiger partial charge on any atom is -0.494 e. The van der Waals surface area contributed by atoms with Crippen LogP contribution in [0.25, 0.3) is 5.57 Å². The molecule has 3 aromatic rings. The molecule has 0 aliphatic carbocycles. The molecule has 0 aromatic heterocycles. The number of imide groups is 1. The first-order valence-corrected chi connectivity index (χ1v) is 11.1. The van der Waals surface area contributed by atoms with Crippen molar-refractivity contribution in [2.24, 2.45) is 0 Å². The van der Waals surface area contributed by atoms with Crippen molar-refractivity contribution in [3.8, 4) is 5.75 Å². The molecule has 4 rings (SSSR count). The van der Waals surface area contributed by atoms with Gasteiger partial charge in [-0.1, -0.05) is 30.3 Å². The summed E-state index contributed by atoms with van der Waals surface area (Å²) in [6.45, 7) is 10.4. The lowest BCUT2D eigenvalue weighted by molar-refractivity contribution is -0.120. The highest BCUT2D eigenvalue weighted by molar-refractivity contribution is 6.46. The summed E-state index contributed by atoms with van der Waals surface area (Å²) < 4.78 is 5.51. The Labute approximate surface area is 194 Å². The summed E-state index contributed by atoms with van der Waals surface area (Å²) in [5.74, 6) is 0.0541. The van der Waals surface area contributed by atoms with Gasteiger partial charge in [-0.25, -0.2) is 4.90 Å². The van der Waals surface area contributed by atoms with Crippen molar-refractivity contribution in [1.29, 1.82) is 0 Å². The van der Waals surface area contributed by atoms with Crippen LogP contribution < -0.4 is 15.0 Å². The molecule has 5 heteroatoms. The van der Waals surface area contributed by atoms with Crippen LogP contribution in [0.2, 0.25) is 0 Å². The molecule has 0 radical (unpaired) electrons. The van der Waals surface area contributed by atoms with E-state index in [0.717, 1.165) is 33.6 Å². The monoisotopic (exact) mass is 440 g/mol. The Morgan fingerprint density at radius 1 is 0.818 bits per heavy atom. The summed E-state index contributed by atoms with van der Waals surface area (Å²) in [5.41, 5.74) is 6.79. The van der Waals surface area contributed by atoms with Gasteiger partial charge in [-0.3, -0.25) is 9.59 Å². The lowest BCUT2D eigenvalue weighted by Crippen LogP contribution is -2.33. The van der Waals surface area contributed by atoms with Crippen LogP contribution in [-0.2, 0) is 9.59 Å². The highest BCUT2D eigenvalue weighted by atomic mass is 16.5. The molecule has 1 aliphatic heterocycles. The molecule has 168 valence electrons. The van der Waals surface area contributed by atoms with Crippen LogP contribution in [0, 0.1) is 27.7 Å². The first kappa shape index (κ1) is 22.3. The van der Waals surface area contributed by atoms with Crippen LogP contribution in [0.3, 0.4) is 0 Å². The summed E-state index contributed by atoms with van der Waals surface area (Å²) in [6.07, 6.45) is 0. The number of ether oxygens (including phenoxy) is 1. The van der Waals surface area contributed by atoms with Gasteiger partial charge in [-0.15, -0.1) is 0 Å². The first-order chi connectivity index (χ1) is 15.8. The Morgan fingerprint density at radius 3 is 2.21 bits per heavy atom. The maximum atomic E-state index is 13.7. The molecule has 0 atom stereocenters. The Balaban J connectivity index is 1.82. The molecule has 1 N–H and O–H groups in total. The molecule has 0 spiro atoms. The van der Waals surface area contributed by atoms with Gasteiger partial charge in [0, 0.05) is 5.69 Å². The van der Waals surface area contributed by atoms with E-state index in [2.05, 4.69) is 5.32 Å². The van der Waals surface area contributed by atoms with Crippen molar-refractivity contribution < 1.29 is 14.3 Å². The Morgan fingerprint density at radius 2 is 1.55 bits per heavy atom. The van der Waals surface area contributed by atoms with Crippen molar-refractivity contribution in [1.82, 2.24) is 0 Å². The number of aryl methyl sites for hydroxylation is 3. The molecule has 0 fully saturated rings. The van der Waals surface area contributed by atoms with Gasteiger partial charge in [0.2, 0.25) is 0 Å². The molecule has 0 saturated carbocycles. The maximum absolute atomic E-state index is 13.7. The number of anilines is 2. The van der Waals surface area contributed by atoms with Crippen LogP contribution in [-0.4, -0.2) is 18.4 Å². The van der Waals surface area contributed by atoms with Gasteiger partial charge in [0.05, 0.1) is 17.9 Å². The summed E-state index contributed by atoms with van der Waals surface area (Å²) in [4.78, 5) is 28.6. The summed E-state index contributed by atoms with van der Waals surface area (Å²) in [6, 6.07) is 18.9. The minimum absolute atomic E-state index is 0.272. The van der Waals surface area contributed by atoms with Crippen molar-refractivity contribution >= 4 is 28.8 Å². The fourth-order valence-corrected chi connectivity index (χ4v) is 3.95. The van der Waals surface area contributed by atoms with Gasteiger partial charge < -0.3 is 10.1 Å². The fourth-order valence-electron chi connectivity index (χ4n) is 3.95. The van der Waals surface area contributed by atoms with Crippen LogP contribution in [0.15, 0.2) is 66.4 Å². The normalized spacial score (nSPS) is 13.7. The zero-order chi connectivity index (χ0) is 23.7. The van der Waals surface area contributed by atoms with Crippen molar-refractivity contribution in [3.05, 3.63) is 94.2 Å². The number of hydrogen-bond donors (Lipinski definition) is 1. The largest absolute Gasteiger partial charge is 0.494 e. The number of amides is 2. The molecule has 0 unspecified atom stereocenters. The molecule has 0 saturated heterocycles. The molecule has 3 aromatic carbocycles. The maximum Gasteiger partial charge on any atom is 0.282 e. The molecule has 1 heterocycles. The summed E-state index contributed by atoms with van der Waals surface area (Å²) >= 11 is 0. The van der Waals surface area contributed by atoms with E-state index in [-0.39, 0.29) is 17.5 Å². The molecule has 1 aliphatic rings. The molecule has 2 amide bonds. The van der Waals surface area contributed by atoms with E-state index in [1.807, 2.05) is 95.3 Å². The summed E-state index contributed by atoms with van der Waals surface area (Å²) in [7, 11) is 0. The molecule has 33 heavy (non-hydrogen) atoms. The van der Waals surface area contributed by atoms with Gasteiger partial charge in [-0.05, 0) is 92.8 Å². The second kappa shape index (κ2) is 8.94. The van der Waals surface area contributed by atoms with Crippen LogP contribution in [0.5, 0.6) is 5.75 Å². The molecule has 0 bridgehead atoms. The number of rotatable bonds is 6. The van der Waals surface area contributed by atoms with E-state index in [4.69, 9.17) is 4.74 Å². The smallest absolute Gasteiger partial charge is 0.282 e. The SMILES string of the molecule is CCOc1ccc(NC2=C(c3ccc(C)c(C)c3)C(=O)N(c3cccc(C)c3C)C2=O)cc1. The average Bonchev–Trinajstić information content (AvgIpc) is 3.03. The van der Waals surface area contributed by atoms with Gasteiger partial charge in [-0.2, -0.15) is 0 Å². The van der Waals surface area contributed by atoms with E-state index < -0.39 is 0 Å². The molecular weight excluding hydrogens is 412 g/mol. The number of carbonyl (C=O) groups excluding carboxylic acids is 2. The van der Waals surface area contributed by atoms with E-state index >= 15 is 0 Å². The van der Waals surface area contributed by atoms with E-state index in [1.54, 1.807) is 0 Å². The predicted octanol–water partition coefficient (Wildman–Crippen LogP) is 5.72. The lowest BCUT2D eigenvalue weighted by atomic mass is 9.99. The quantitative estimate of drug-likeness (QED) is 0.499. The standard InChI is InChI=1S/C28H28N2O3/c1-6-33-23-14-12-22(13-15-23)29-26-25(21-11-10-17(2)19(4)16-21)27(31)30(28(26)32)24-9-7-8-18(3)20(24)5/h7-16,29H,6H2,1-5H3. The van der Waals surface area contributed by atoms with E-state index in [0.29, 0.717) is 23.6 Å². The second-order valence-corrected chi connectivity index (χ2v) is 8.30. The number of nitrogens with zero attached hydrogens (tertiary/aromatic N) is 1. The van der Waals surface area contributed by atoms with Crippen molar-refractivity contribution in [2.45, 2.75) is 34.6 Å². The van der Waals surface area contributed by atoms with Gasteiger partial charge >= 0.3 is 0 Å². The Hall–Kier alpha value is -3.86. The summed E-state index contributed by atoms with van der Waals surface area (Å²) in [5, 5.41) is 3.22. The second-order valence-electron chi connectivity index (χ2n) is 8.30. The highest BCUT2D eigenvalue weighted by Crippen LogP contribution is 2.36. The Bertz CT molecular complexity index is 1270. The van der Waals surface area contributed by atoms with Crippen LogP contribution >= 0.6 is 0 Å². The zero-order valence-electron chi connectivity index (χ0n) is 19.7. The van der Waals surface area contributed by atoms with Gasteiger partial charge in [0.15, 0.2) is 0 Å². The van der Waals surface area contributed by atoms with Crippen molar-refractivity contribution in [2.75, 3.05) is 16.8 Å². The first-order valence-electron chi connectivity index (χ1n) is 11.1. The number of benzene rings is 3. The zero-order valence-corrected chi connectivity index (χ0v) is 19.7. The third-order valence-electron chi connectivity index (χ3n) is 6.13. The van der Waals surface area contributed by atoms with E-state index in [9.17, 15) is 9.59 Å². The molecule has 5 nitrogen and oxygen atoms in total. The van der Waals surface area contributed by atoms with Gasteiger partial charge in [0.1, 0.15) is 11.4 Å². The molecular formula is C28H28N2O3. The fraction of sp³-hybridized carbons (Fsp3) is 0.214. The predicted molar refractivity (Wildman–Crippen MR) is 132 cm³/mol. The van der Waals surface area contributed by atoms with Crippen molar-refractivity contribution in [3.63, 3.8) is 0 Å². The number of nitrogens with one attached hydrogen (secondary N) is 1. The third kappa shape index (κ3) is 4.14. The van der Waals surface area contributed by atoms with E-state index in [1.165, 1.54) is 4.90 Å². The highest BCUT2D eigenvalue weighted by Gasteiger charge is 2.41. The lowest BCUT2D eigenvalue weighted by Gasteiger charge is -2.19. The van der Waals surface area contributed by atoms with Gasteiger partial charge in [0.25, 0.3) is 11.8 Å². The Kier molecular flexibility index (Phi) is 6.05. The topological polar surface area (TPSA) is 58.6 Å². The van der Waals surface area contributed by atoms with Crippen LogP contribution in [0.4, 0.5) is 11.4 Å². The third-order valence-corrected chi connectivity index (χ3v) is 6.13. The number of hydrogen-bond acceptors (Lipinski definition) is 4. The average molecular weight is 441 g/mol.